The van der Waals surface area contributed by atoms with E-state index in [0.29, 0.717) is 23.0 Å². The molecule has 0 saturated heterocycles. The first kappa shape index (κ1) is 21.3. The van der Waals surface area contributed by atoms with E-state index in [-0.39, 0.29) is 18.0 Å². The Balaban J connectivity index is 1.59. The standard InChI is InChI=1S/C22H22ClN3O4/c1-29-16-7-5-15(6-8-16)13-24-21(27)14-25-22(28)17-11-18(23)19(12-20(17)30-2)26-9-3-4-10-26/h3-12H,13-14H2,1-2H3,(H,24,27)(H,25,28). The Labute approximate surface area is 179 Å². The Hall–Kier alpha value is -3.45. The maximum atomic E-state index is 12.6. The SMILES string of the molecule is COc1ccc(CNC(=O)CNC(=O)c2cc(Cl)c(-n3cccc3)cc2OC)cc1. The van der Waals surface area contributed by atoms with Crippen molar-refractivity contribution >= 4 is 23.4 Å². The van der Waals surface area contributed by atoms with Crippen molar-refractivity contribution in [3.63, 3.8) is 0 Å². The summed E-state index contributed by atoms with van der Waals surface area (Å²) in [6.45, 7) is 0.175. The van der Waals surface area contributed by atoms with Crippen LogP contribution in [0.2, 0.25) is 5.02 Å². The third kappa shape index (κ3) is 5.12. The molecule has 3 rings (SSSR count). The van der Waals surface area contributed by atoms with Gasteiger partial charge in [-0.3, -0.25) is 9.59 Å². The first-order chi connectivity index (χ1) is 14.5. The van der Waals surface area contributed by atoms with Crippen LogP contribution < -0.4 is 20.1 Å². The van der Waals surface area contributed by atoms with E-state index in [9.17, 15) is 9.59 Å². The third-order valence-corrected chi connectivity index (χ3v) is 4.76. The molecule has 0 unspecified atom stereocenters. The summed E-state index contributed by atoms with van der Waals surface area (Å²) >= 11 is 6.35. The lowest BCUT2D eigenvalue weighted by Crippen LogP contribution is -2.36. The number of carbonyl (C=O) groups is 2. The maximum absolute atomic E-state index is 12.6. The number of ether oxygens (including phenoxy) is 2. The van der Waals surface area contributed by atoms with Gasteiger partial charge in [0.15, 0.2) is 0 Å². The molecule has 2 N–H and O–H groups in total. The number of hydrogen-bond donors (Lipinski definition) is 2. The smallest absolute Gasteiger partial charge is 0.255 e. The topological polar surface area (TPSA) is 81.6 Å². The minimum absolute atomic E-state index is 0.172. The maximum Gasteiger partial charge on any atom is 0.255 e. The zero-order valence-corrected chi connectivity index (χ0v) is 17.4. The third-order valence-electron chi connectivity index (χ3n) is 4.45. The van der Waals surface area contributed by atoms with Gasteiger partial charge in [0, 0.05) is 25.0 Å². The van der Waals surface area contributed by atoms with Gasteiger partial charge in [-0.15, -0.1) is 0 Å². The second-order valence-electron chi connectivity index (χ2n) is 6.40. The van der Waals surface area contributed by atoms with Crippen LogP contribution in [0.5, 0.6) is 11.5 Å². The van der Waals surface area contributed by atoms with Crippen molar-refractivity contribution in [1.82, 2.24) is 15.2 Å². The fourth-order valence-corrected chi connectivity index (χ4v) is 3.11. The largest absolute Gasteiger partial charge is 0.497 e. The molecule has 156 valence electrons. The van der Waals surface area contributed by atoms with Gasteiger partial charge in [-0.2, -0.15) is 0 Å². The molecule has 2 amide bonds. The van der Waals surface area contributed by atoms with Gasteiger partial charge in [0.25, 0.3) is 5.91 Å². The minimum atomic E-state index is -0.451. The highest BCUT2D eigenvalue weighted by Gasteiger charge is 2.17. The molecule has 0 atom stereocenters. The van der Waals surface area contributed by atoms with E-state index in [4.69, 9.17) is 21.1 Å². The van der Waals surface area contributed by atoms with Crippen LogP contribution in [0.4, 0.5) is 0 Å². The zero-order chi connectivity index (χ0) is 21.5. The van der Waals surface area contributed by atoms with Crippen molar-refractivity contribution in [3.8, 4) is 17.2 Å². The van der Waals surface area contributed by atoms with Gasteiger partial charge in [-0.25, -0.2) is 0 Å². The van der Waals surface area contributed by atoms with E-state index >= 15 is 0 Å². The monoisotopic (exact) mass is 427 g/mol. The van der Waals surface area contributed by atoms with Crippen LogP contribution in [0.25, 0.3) is 5.69 Å². The molecule has 0 radical (unpaired) electrons. The normalized spacial score (nSPS) is 10.4. The molecule has 1 heterocycles. The van der Waals surface area contributed by atoms with Gasteiger partial charge in [0.1, 0.15) is 11.5 Å². The molecule has 0 fully saturated rings. The van der Waals surface area contributed by atoms with Crippen LogP contribution in [-0.4, -0.2) is 37.1 Å². The molecule has 0 bridgehead atoms. The molecule has 0 saturated carbocycles. The average Bonchev–Trinajstić information content (AvgIpc) is 3.30. The Kier molecular flexibility index (Phi) is 6.98. The van der Waals surface area contributed by atoms with Crippen molar-refractivity contribution in [3.05, 3.63) is 77.1 Å². The number of nitrogens with one attached hydrogen (secondary N) is 2. The molecule has 0 aliphatic rings. The summed E-state index contributed by atoms with van der Waals surface area (Å²) in [6.07, 6.45) is 3.68. The molecule has 3 aromatic rings. The van der Waals surface area contributed by atoms with E-state index in [1.807, 2.05) is 53.4 Å². The minimum Gasteiger partial charge on any atom is -0.497 e. The van der Waals surface area contributed by atoms with Crippen LogP contribution >= 0.6 is 11.6 Å². The van der Waals surface area contributed by atoms with E-state index < -0.39 is 5.91 Å². The zero-order valence-electron chi connectivity index (χ0n) is 16.6. The number of methoxy groups -OCH3 is 2. The van der Waals surface area contributed by atoms with Crippen LogP contribution in [-0.2, 0) is 11.3 Å². The number of aromatic nitrogens is 1. The van der Waals surface area contributed by atoms with Gasteiger partial charge in [0.2, 0.25) is 5.91 Å². The van der Waals surface area contributed by atoms with Crippen molar-refractivity contribution < 1.29 is 19.1 Å². The summed E-state index contributed by atoms with van der Waals surface area (Å²) < 4.78 is 12.3. The molecular weight excluding hydrogens is 406 g/mol. The fourth-order valence-electron chi connectivity index (χ4n) is 2.84. The van der Waals surface area contributed by atoms with E-state index in [2.05, 4.69) is 10.6 Å². The van der Waals surface area contributed by atoms with Crippen molar-refractivity contribution in [2.24, 2.45) is 0 Å². The van der Waals surface area contributed by atoms with Crippen molar-refractivity contribution in [2.75, 3.05) is 20.8 Å². The van der Waals surface area contributed by atoms with E-state index in [1.54, 1.807) is 13.2 Å². The van der Waals surface area contributed by atoms with Gasteiger partial charge in [0.05, 0.1) is 37.0 Å². The van der Waals surface area contributed by atoms with Gasteiger partial charge in [-0.05, 0) is 35.9 Å². The quantitative estimate of drug-likeness (QED) is 0.578. The highest BCUT2D eigenvalue weighted by Crippen LogP contribution is 2.29. The van der Waals surface area contributed by atoms with Crippen LogP contribution in [0.1, 0.15) is 15.9 Å². The lowest BCUT2D eigenvalue weighted by atomic mass is 10.1. The molecule has 8 heteroatoms. The summed E-state index contributed by atoms with van der Waals surface area (Å²) in [5.74, 6) is 0.340. The highest BCUT2D eigenvalue weighted by molar-refractivity contribution is 6.33. The van der Waals surface area contributed by atoms with Crippen LogP contribution in [0.15, 0.2) is 60.9 Å². The number of hydrogen-bond acceptors (Lipinski definition) is 4. The van der Waals surface area contributed by atoms with Crippen molar-refractivity contribution in [2.45, 2.75) is 6.54 Å². The van der Waals surface area contributed by atoms with E-state index in [0.717, 1.165) is 11.3 Å². The predicted octanol–water partition coefficient (Wildman–Crippen LogP) is 3.19. The molecule has 2 aromatic carbocycles. The molecule has 30 heavy (non-hydrogen) atoms. The molecule has 0 aliphatic heterocycles. The highest BCUT2D eigenvalue weighted by atomic mass is 35.5. The molecule has 0 aliphatic carbocycles. The summed E-state index contributed by atoms with van der Waals surface area (Å²) in [6, 6.07) is 14.3. The fraction of sp³-hybridized carbons (Fsp3) is 0.182. The molecule has 7 nitrogen and oxygen atoms in total. The average molecular weight is 428 g/mol. The number of amides is 2. The van der Waals surface area contributed by atoms with E-state index in [1.165, 1.54) is 13.2 Å². The predicted molar refractivity (Wildman–Crippen MR) is 115 cm³/mol. The Bertz CT molecular complexity index is 1020. The van der Waals surface area contributed by atoms with Crippen LogP contribution in [0, 0.1) is 0 Å². The second-order valence-corrected chi connectivity index (χ2v) is 6.81. The molecular formula is C22H22ClN3O4. The number of carbonyl (C=O) groups excluding carboxylic acids is 2. The lowest BCUT2D eigenvalue weighted by molar-refractivity contribution is -0.120. The van der Waals surface area contributed by atoms with Crippen LogP contribution in [0.3, 0.4) is 0 Å². The van der Waals surface area contributed by atoms with Gasteiger partial charge < -0.3 is 24.7 Å². The Morgan fingerprint density at radius 2 is 1.70 bits per heavy atom. The first-order valence-corrected chi connectivity index (χ1v) is 9.58. The number of nitrogens with zero attached hydrogens (tertiary/aromatic N) is 1. The summed E-state index contributed by atoms with van der Waals surface area (Å²) in [5.41, 5.74) is 1.86. The van der Waals surface area contributed by atoms with Crippen molar-refractivity contribution in [1.29, 1.82) is 0 Å². The Morgan fingerprint density at radius 1 is 1.00 bits per heavy atom. The number of halogens is 1. The van der Waals surface area contributed by atoms with Gasteiger partial charge >= 0.3 is 0 Å². The lowest BCUT2D eigenvalue weighted by Gasteiger charge is -2.13. The number of benzene rings is 2. The first-order valence-electron chi connectivity index (χ1n) is 9.20. The second kappa shape index (κ2) is 9.84. The summed E-state index contributed by atoms with van der Waals surface area (Å²) in [4.78, 5) is 24.7. The summed E-state index contributed by atoms with van der Waals surface area (Å²) in [5, 5.41) is 5.74. The Morgan fingerprint density at radius 3 is 2.33 bits per heavy atom. The molecule has 0 spiro atoms. The molecule has 1 aromatic heterocycles. The van der Waals surface area contributed by atoms with Gasteiger partial charge in [-0.1, -0.05) is 23.7 Å². The number of rotatable bonds is 8. The summed E-state index contributed by atoms with van der Waals surface area (Å²) in [7, 11) is 3.07.